The third kappa shape index (κ3) is 14.7. The summed E-state index contributed by atoms with van der Waals surface area (Å²) in [5.74, 6) is -0.634. The number of alkyl carbamates (subject to hydrolysis) is 1. The molecule has 47 heavy (non-hydrogen) atoms. The van der Waals surface area contributed by atoms with Gasteiger partial charge in [0.15, 0.2) is 0 Å². The Hall–Kier alpha value is -3.80. The molecule has 1 N–H and O–H groups in total. The van der Waals surface area contributed by atoms with Crippen molar-refractivity contribution in [2.45, 2.75) is 90.9 Å². The van der Waals surface area contributed by atoms with Crippen molar-refractivity contribution in [1.29, 1.82) is 0 Å². The third-order valence-electron chi connectivity index (χ3n) is 8.38. The maximum absolute atomic E-state index is 12.7. The largest absolute Gasteiger partial charge is 0.449 e. The SMILES string of the molecule is CCCCCC(CCCCNC(=O)OCCCOCCN(C)C(=O)CC(=O)N(C)c1ccc(CC(=O)N2CCC2=O)cc1)C(=O)CC. The zero-order chi connectivity index (χ0) is 34.6. The third-order valence-corrected chi connectivity index (χ3v) is 8.38. The monoisotopic (exact) mass is 658 g/mol. The van der Waals surface area contributed by atoms with Crippen LogP contribution in [0.25, 0.3) is 0 Å². The average Bonchev–Trinajstić information content (AvgIpc) is 3.05. The predicted octanol–water partition coefficient (Wildman–Crippen LogP) is 4.28. The lowest BCUT2D eigenvalue weighted by Crippen LogP contribution is -2.48. The molecule has 12 nitrogen and oxygen atoms in total. The second-order valence-electron chi connectivity index (χ2n) is 12.0. The molecule has 262 valence electrons. The fourth-order valence-electron chi connectivity index (χ4n) is 5.12. The van der Waals surface area contributed by atoms with E-state index in [1.807, 2.05) is 6.92 Å². The zero-order valence-electron chi connectivity index (χ0n) is 28.7. The van der Waals surface area contributed by atoms with Crippen molar-refractivity contribution in [3.05, 3.63) is 29.8 Å². The van der Waals surface area contributed by atoms with Crippen LogP contribution in [0.15, 0.2) is 24.3 Å². The Bertz CT molecular complexity index is 1170. The van der Waals surface area contributed by atoms with Gasteiger partial charge in [0.25, 0.3) is 0 Å². The normalized spacial score (nSPS) is 13.0. The maximum Gasteiger partial charge on any atom is 0.407 e. The van der Waals surface area contributed by atoms with Gasteiger partial charge >= 0.3 is 6.09 Å². The van der Waals surface area contributed by atoms with Gasteiger partial charge in [0, 0.05) is 71.2 Å². The molecule has 1 fully saturated rings. The van der Waals surface area contributed by atoms with Crippen LogP contribution in [0.4, 0.5) is 10.5 Å². The van der Waals surface area contributed by atoms with Gasteiger partial charge in [-0.3, -0.25) is 28.9 Å². The Labute approximate surface area is 279 Å². The van der Waals surface area contributed by atoms with E-state index in [1.54, 1.807) is 38.4 Å². The molecule has 2 rings (SSSR count). The number of amides is 5. The van der Waals surface area contributed by atoms with Gasteiger partial charge in [0.1, 0.15) is 12.2 Å². The smallest absolute Gasteiger partial charge is 0.407 e. The summed E-state index contributed by atoms with van der Waals surface area (Å²) in [6.07, 6.45) is 7.72. The lowest BCUT2D eigenvalue weighted by molar-refractivity contribution is -0.152. The summed E-state index contributed by atoms with van der Waals surface area (Å²) in [4.78, 5) is 77.0. The number of nitrogens with zero attached hydrogens (tertiary/aromatic N) is 3. The second-order valence-corrected chi connectivity index (χ2v) is 12.0. The number of hydrogen-bond acceptors (Lipinski definition) is 8. The standard InChI is InChI=1S/C35H54N4O8/c1-5-7-8-12-28(30(40)6-2)13-9-10-19-36-35(45)47-23-11-22-46-24-21-37(3)32(42)26-33(43)38(4)29-16-14-27(15-17-29)25-34(44)39-20-18-31(39)41/h14-17,28H,5-13,18-26H2,1-4H3,(H,36,45). The fourth-order valence-corrected chi connectivity index (χ4v) is 5.12. The number of likely N-dealkylation sites (tertiary alicyclic amines) is 1. The number of β-lactam (4-membered cyclic amide) rings is 1. The van der Waals surface area contributed by atoms with Crippen LogP contribution in [0.1, 0.15) is 90.0 Å². The van der Waals surface area contributed by atoms with Gasteiger partial charge in [0.2, 0.25) is 23.6 Å². The van der Waals surface area contributed by atoms with E-state index in [9.17, 15) is 28.8 Å². The van der Waals surface area contributed by atoms with Crippen LogP contribution in [0.5, 0.6) is 0 Å². The lowest BCUT2D eigenvalue weighted by Gasteiger charge is -2.28. The summed E-state index contributed by atoms with van der Waals surface area (Å²) >= 11 is 0. The molecular formula is C35H54N4O8. The van der Waals surface area contributed by atoms with E-state index in [2.05, 4.69) is 12.2 Å². The molecule has 1 saturated heterocycles. The first-order valence-electron chi connectivity index (χ1n) is 17.0. The fraction of sp³-hybridized carbons (Fsp3) is 0.657. The Balaban J connectivity index is 1.52. The van der Waals surface area contributed by atoms with Crippen LogP contribution in [0.3, 0.4) is 0 Å². The van der Waals surface area contributed by atoms with E-state index in [0.717, 1.165) is 50.5 Å². The molecule has 5 amide bonds. The molecule has 1 aliphatic heterocycles. The molecule has 0 bridgehead atoms. The first kappa shape index (κ1) is 39.4. The summed E-state index contributed by atoms with van der Waals surface area (Å²) in [6.45, 7) is 6.20. The number of unbranched alkanes of at least 4 members (excludes halogenated alkanes) is 3. The van der Waals surface area contributed by atoms with Crippen molar-refractivity contribution in [2.24, 2.45) is 5.92 Å². The van der Waals surface area contributed by atoms with Crippen LogP contribution in [-0.4, -0.2) is 98.9 Å². The van der Waals surface area contributed by atoms with Crippen molar-refractivity contribution in [3.8, 4) is 0 Å². The minimum Gasteiger partial charge on any atom is -0.449 e. The van der Waals surface area contributed by atoms with Crippen molar-refractivity contribution in [1.82, 2.24) is 15.1 Å². The molecule has 0 aliphatic carbocycles. The molecule has 1 aromatic carbocycles. The zero-order valence-corrected chi connectivity index (χ0v) is 28.7. The second kappa shape index (κ2) is 21.9. The van der Waals surface area contributed by atoms with Crippen molar-refractivity contribution in [2.75, 3.05) is 58.5 Å². The Morgan fingerprint density at radius 2 is 1.60 bits per heavy atom. The van der Waals surface area contributed by atoms with Gasteiger partial charge in [-0.2, -0.15) is 0 Å². The van der Waals surface area contributed by atoms with E-state index in [0.29, 0.717) is 57.0 Å². The molecule has 0 radical (unpaired) electrons. The van der Waals surface area contributed by atoms with E-state index in [4.69, 9.17) is 9.47 Å². The Morgan fingerprint density at radius 1 is 0.894 bits per heavy atom. The van der Waals surface area contributed by atoms with Crippen LogP contribution >= 0.6 is 0 Å². The van der Waals surface area contributed by atoms with E-state index >= 15 is 0 Å². The number of carbonyl (C=O) groups excluding carboxylic acids is 6. The summed E-state index contributed by atoms with van der Waals surface area (Å²) in [6, 6.07) is 6.87. The highest BCUT2D eigenvalue weighted by atomic mass is 16.5. The van der Waals surface area contributed by atoms with Crippen LogP contribution < -0.4 is 10.2 Å². The van der Waals surface area contributed by atoms with Crippen LogP contribution in [0.2, 0.25) is 0 Å². The van der Waals surface area contributed by atoms with Gasteiger partial charge in [-0.1, -0.05) is 51.7 Å². The first-order chi connectivity index (χ1) is 22.6. The highest BCUT2D eigenvalue weighted by Crippen LogP contribution is 2.20. The molecule has 0 saturated carbocycles. The van der Waals surface area contributed by atoms with Gasteiger partial charge in [-0.15, -0.1) is 0 Å². The molecule has 1 atom stereocenters. The Morgan fingerprint density at radius 3 is 2.21 bits per heavy atom. The Kier molecular flexibility index (Phi) is 18.3. The van der Waals surface area contributed by atoms with Gasteiger partial charge in [-0.05, 0) is 37.0 Å². The van der Waals surface area contributed by atoms with E-state index in [1.165, 1.54) is 14.7 Å². The number of ether oxygens (including phenoxy) is 2. The van der Waals surface area contributed by atoms with Crippen LogP contribution in [-0.2, 0) is 39.9 Å². The van der Waals surface area contributed by atoms with Crippen molar-refractivity contribution >= 4 is 41.2 Å². The number of nitrogens with one attached hydrogen (secondary N) is 1. The lowest BCUT2D eigenvalue weighted by atomic mass is 9.90. The molecule has 1 aromatic rings. The predicted molar refractivity (Wildman–Crippen MR) is 179 cm³/mol. The molecule has 1 heterocycles. The number of benzene rings is 1. The summed E-state index contributed by atoms with van der Waals surface area (Å²) in [5.41, 5.74) is 1.33. The molecular weight excluding hydrogens is 604 g/mol. The summed E-state index contributed by atoms with van der Waals surface area (Å²) < 4.78 is 10.7. The summed E-state index contributed by atoms with van der Waals surface area (Å²) in [5, 5.41) is 2.75. The minimum absolute atomic E-state index is 0.113. The number of imide groups is 1. The van der Waals surface area contributed by atoms with Crippen LogP contribution in [0, 0.1) is 5.92 Å². The molecule has 12 heteroatoms. The number of rotatable bonds is 23. The molecule has 1 unspecified atom stereocenters. The first-order valence-corrected chi connectivity index (χ1v) is 17.0. The molecule has 0 spiro atoms. The number of likely N-dealkylation sites (N-methyl/N-ethyl adjacent to an activating group) is 1. The number of Topliss-reactive ketones (excluding diaryl/α,β-unsaturated/α-hetero) is 1. The topological polar surface area (TPSA) is 143 Å². The molecule has 1 aliphatic rings. The van der Waals surface area contributed by atoms with Crippen molar-refractivity contribution in [3.63, 3.8) is 0 Å². The number of carbonyl (C=O) groups is 6. The molecule has 0 aromatic heterocycles. The average molecular weight is 659 g/mol. The van der Waals surface area contributed by atoms with E-state index in [-0.39, 0.29) is 55.6 Å². The number of ketones is 1. The number of hydrogen-bond donors (Lipinski definition) is 1. The highest BCUT2D eigenvalue weighted by molar-refractivity contribution is 6.04. The number of anilines is 1. The van der Waals surface area contributed by atoms with Gasteiger partial charge < -0.3 is 24.6 Å². The van der Waals surface area contributed by atoms with E-state index < -0.39 is 6.09 Å². The summed E-state index contributed by atoms with van der Waals surface area (Å²) in [7, 11) is 3.19. The maximum atomic E-state index is 12.7. The van der Waals surface area contributed by atoms with Crippen molar-refractivity contribution < 1.29 is 38.2 Å². The van der Waals surface area contributed by atoms with Gasteiger partial charge in [0.05, 0.1) is 19.6 Å². The quantitative estimate of drug-likeness (QED) is 0.104. The highest BCUT2D eigenvalue weighted by Gasteiger charge is 2.29. The van der Waals surface area contributed by atoms with Gasteiger partial charge in [-0.25, -0.2) is 4.79 Å². The minimum atomic E-state index is -0.472.